The summed E-state index contributed by atoms with van der Waals surface area (Å²) in [5.41, 5.74) is 0.794. The summed E-state index contributed by atoms with van der Waals surface area (Å²) in [6.45, 7) is 0.446. The number of carboxylic acids is 1. The minimum Gasteiger partial charge on any atom is -0.480 e. The van der Waals surface area contributed by atoms with Gasteiger partial charge in [-0.3, -0.25) is 9.69 Å². The van der Waals surface area contributed by atoms with Crippen molar-refractivity contribution in [2.24, 2.45) is 0 Å². The molecule has 0 aromatic heterocycles. The van der Waals surface area contributed by atoms with Gasteiger partial charge in [-0.2, -0.15) is 0 Å². The Kier molecular flexibility index (Phi) is 5.13. The van der Waals surface area contributed by atoms with Crippen LogP contribution in [0.25, 0.3) is 0 Å². The number of benzene rings is 1. The number of hydrogen-bond donors (Lipinski definition) is 1. The molecule has 17 heavy (non-hydrogen) atoms. The van der Waals surface area contributed by atoms with E-state index in [4.69, 9.17) is 11.5 Å². The Hall–Kier alpha value is -1.38. The molecule has 1 aromatic carbocycles. The van der Waals surface area contributed by atoms with Crippen molar-refractivity contribution in [2.75, 3.05) is 13.1 Å². The van der Waals surface area contributed by atoms with Gasteiger partial charge in [0.2, 0.25) is 0 Å². The third-order valence-corrected chi connectivity index (χ3v) is 2.82. The SMILES string of the molecule is C#CCN(CC(=O)O)Cc1ccc(F)cc1Br. The molecule has 0 bridgehead atoms. The van der Waals surface area contributed by atoms with Gasteiger partial charge in [0.1, 0.15) is 5.82 Å². The maximum Gasteiger partial charge on any atom is 0.317 e. The van der Waals surface area contributed by atoms with E-state index in [0.29, 0.717) is 11.0 Å². The van der Waals surface area contributed by atoms with Crippen LogP contribution < -0.4 is 0 Å². The van der Waals surface area contributed by atoms with E-state index in [0.717, 1.165) is 5.56 Å². The molecule has 0 atom stereocenters. The van der Waals surface area contributed by atoms with Crippen molar-refractivity contribution in [3.05, 3.63) is 34.1 Å². The van der Waals surface area contributed by atoms with Gasteiger partial charge in [-0.1, -0.05) is 27.9 Å². The summed E-state index contributed by atoms with van der Waals surface area (Å²) in [4.78, 5) is 12.2. The zero-order valence-corrected chi connectivity index (χ0v) is 10.6. The molecule has 0 radical (unpaired) electrons. The third-order valence-electron chi connectivity index (χ3n) is 2.08. The second-order valence-electron chi connectivity index (χ2n) is 3.48. The van der Waals surface area contributed by atoms with Crippen LogP contribution in [0.15, 0.2) is 22.7 Å². The molecule has 1 N–H and O–H groups in total. The predicted octanol–water partition coefficient (Wildman–Crippen LogP) is 2.11. The molecule has 0 unspecified atom stereocenters. The molecule has 3 nitrogen and oxygen atoms in total. The quantitative estimate of drug-likeness (QED) is 0.847. The van der Waals surface area contributed by atoms with E-state index >= 15 is 0 Å². The highest BCUT2D eigenvalue weighted by Gasteiger charge is 2.11. The lowest BCUT2D eigenvalue weighted by Crippen LogP contribution is -2.29. The second-order valence-corrected chi connectivity index (χ2v) is 4.33. The average Bonchev–Trinajstić information content (AvgIpc) is 2.21. The van der Waals surface area contributed by atoms with E-state index in [9.17, 15) is 9.18 Å². The monoisotopic (exact) mass is 299 g/mol. The molecule has 0 amide bonds. The Morgan fingerprint density at radius 1 is 1.59 bits per heavy atom. The van der Waals surface area contributed by atoms with Crippen LogP contribution in [0.2, 0.25) is 0 Å². The largest absolute Gasteiger partial charge is 0.480 e. The predicted molar refractivity (Wildman–Crippen MR) is 65.8 cm³/mol. The molecule has 90 valence electrons. The summed E-state index contributed by atoms with van der Waals surface area (Å²) in [7, 11) is 0. The first-order valence-electron chi connectivity index (χ1n) is 4.84. The maximum atomic E-state index is 12.9. The van der Waals surface area contributed by atoms with Crippen LogP contribution in [0.4, 0.5) is 4.39 Å². The van der Waals surface area contributed by atoms with Crippen LogP contribution in [0, 0.1) is 18.2 Å². The van der Waals surface area contributed by atoms with Crippen LogP contribution in [0.5, 0.6) is 0 Å². The summed E-state index contributed by atoms with van der Waals surface area (Å²) in [6, 6.07) is 4.27. The number of carbonyl (C=O) groups is 1. The minimum absolute atomic E-state index is 0.145. The molecule has 0 saturated carbocycles. The first-order chi connectivity index (χ1) is 8.02. The standard InChI is InChI=1S/C12H11BrFNO2/c1-2-5-15(8-12(16)17)7-9-3-4-10(14)6-11(9)13/h1,3-4,6H,5,7-8H2,(H,16,17). The smallest absolute Gasteiger partial charge is 0.317 e. The lowest BCUT2D eigenvalue weighted by atomic mass is 10.2. The van der Waals surface area contributed by atoms with E-state index in [-0.39, 0.29) is 18.9 Å². The summed E-state index contributed by atoms with van der Waals surface area (Å²) in [6.07, 6.45) is 5.16. The van der Waals surface area contributed by atoms with Gasteiger partial charge in [-0.25, -0.2) is 4.39 Å². The number of terminal acetylenes is 1. The summed E-state index contributed by atoms with van der Waals surface area (Å²) in [5.74, 6) is 1.11. The van der Waals surface area contributed by atoms with E-state index in [1.807, 2.05) is 0 Å². The van der Waals surface area contributed by atoms with Gasteiger partial charge in [-0.05, 0) is 17.7 Å². The van der Waals surface area contributed by atoms with Gasteiger partial charge in [0.15, 0.2) is 0 Å². The Labute approximate surface area is 107 Å². The van der Waals surface area contributed by atoms with Crippen LogP contribution in [-0.4, -0.2) is 29.1 Å². The molecule has 0 heterocycles. The van der Waals surface area contributed by atoms with Gasteiger partial charge in [0.05, 0.1) is 13.1 Å². The number of hydrogen-bond acceptors (Lipinski definition) is 2. The number of nitrogens with zero attached hydrogens (tertiary/aromatic N) is 1. The lowest BCUT2D eigenvalue weighted by molar-refractivity contribution is -0.138. The van der Waals surface area contributed by atoms with Crippen LogP contribution >= 0.6 is 15.9 Å². The Morgan fingerprint density at radius 3 is 2.82 bits per heavy atom. The van der Waals surface area contributed by atoms with Crippen molar-refractivity contribution >= 4 is 21.9 Å². The zero-order valence-electron chi connectivity index (χ0n) is 8.99. The average molecular weight is 300 g/mol. The van der Waals surface area contributed by atoms with Crippen molar-refractivity contribution in [3.8, 4) is 12.3 Å². The Bertz CT molecular complexity index is 456. The molecule has 0 aliphatic carbocycles. The third kappa shape index (κ3) is 4.55. The normalized spacial score (nSPS) is 10.2. The Morgan fingerprint density at radius 2 is 2.29 bits per heavy atom. The van der Waals surface area contributed by atoms with Crippen molar-refractivity contribution in [1.29, 1.82) is 0 Å². The van der Waals surface area contributed by atoms with Crippen molar-refractivity contribution in [2.45, 2.75) is 6.54 Å². The Balaban J connectivity index is 2.78. The molecule has 0 saturated heterocycles. The first kappa shape index (κ1) is 13.7. The molecule has 0 fully saturated rings. The summed E-state index contributed by atoms with van der Waals surface area (Å²) in [5, 5.41) is 8.72. The highest BCUT2D eigenvalue weighted by Crippen LogP contribution is 2.19. The van der Waals surface area contributed by atoms with E-state index < -0.39 is 5.97 Å². The van der Waals surface area contributed by atoms with E-state index in [1.165, 1.54) is 12.1 Å². The summed E-state index contributed by atoms with van der Waals surface area (Å²) < 4.78 is 13.5. The fourth-order valence-electron chi connectivity index (χ4n) is 1.38. The van der Waals surface area contributed by atoms with Gasteiger partial charge in [0, 0.05) is 11.0 Å². The topological polar surface area (TPSA) is 40.5 Å². The molecule has 0 spiro atoms. The van der Waals surface area contributed by atoms with Gasteiger partial charge in [-0.15, -0.1) is 6.42 Å². The maximum absolute atomic E-state index is 12.9. The fraction of sp³-hybridized carbons (Fsp3) is 0.250. The van der Waals surface area contributed by atoms with Crippen LogP contribution in [0.1, 0.15) is 5.56 Å². The second kappa shape index (κ2) is 6.38. The first-order valence-corrected chi connectivity index (χ1v) is 5.63. The highest BCUT2D eigenvalue weighted by atomic mass is 79.9. The van der Waals surface area contributed by atoms with Crippen molar-refractivity contribution in [3.63, 3.8) is 0 Å². The molecule has 1 aromatic rings. The van der Waals surface area contributed by atoms with Gasteiger partial charge in [0.25, 0.3) is 0 Å². The lowest BCUT2D eigenvalue weighted by Gasteiger charge is -2.18. The van der Waals surface area contributed by atoms with Crippen molar-refractivity contribution < 1.29 is 14.3 Å². The number of rotatable bonds is 5. The van der Waals surface area contributed by atoms with E-state index in [1.54, 1.807) is 11.0 Å². The summed E-state index contributed by atoms with van der Waals surface area (Å²) >= 11 is 3.23. The molecular weight excluding hydrogens is 289 g/mol. The zero-order chi connectivity index (χ0) is 12.8. The molecular formula is C12H11BrFNO2. The van der Waals surface area contributed by atoms with E-state index in [2.05, 4.69) is 21.9 Å². The van der Waals surface area contributed by atoms with Crippen molar-refractivity contribution in [1.82, 2.24) is 4.90 Å². The molecule has 0 aliphatic heterocycles. The number of aliphatic carboxylic acids is 1. The van der Waals surface area contributed by atoms with Crippen LogP contribution in [0.3, 0.4) is 0 Å². The molecule has 0 aliphatic rings. The van der Waals surface area contributed by atoms with Gasteiger partial charge < -0.3 is 5.11 Å². The number of carboxylic acid groups (broad SMARTS) is 1. The molecule has 1 rings (SSSR count). The molecule has 5 heteroatoms. The number of halogens is 2. The minimum atomic E-state index is -0.946. The highest BCUT2D eigenvalue weighted by molar-refractivity contribution is 9.10. The van der Waals surface area contributed by atoms with Gasteiger partial charge >= 0.3 is 5.97 Å². The fourth-order valence-corrected chi connectivity index (χ4v) is 1.86. The van der Waals surface area contributed by atoms with Crippen LogP contribution in [-0.2, 0) is 11.3 Å².